The van der Waals surface area contributed by atoms with Gasteiger partial charge in [0.1, 0.15) is 5.65 Å². The summed E-state index contributed by atoms with van der Waals surface area (Å²) in [5.74, 6) is -1.48. The van der Waals surface area contributed by atoms with Crippen LogP contribution in [0.3, 0.4) is 0 Å². The Bertz CT molecular complexity index is 821. The zero-order valence-corrected chi connectivity index (χ0v) is 18.1. The predicted molar refractivity (Wildman–Crippen MR) is 109 cm³/mol. The lowest BCUT2D eigenvalue weighted by atomic mass is 10.0. The first-order chi connectivity index (χ1) is 12.6. The Labute approximate surface area is 161 Å². The van der Waals surface area contributed by atoms with Crippen molar-refractivity contribution < 1.29 is 18.8 Å². The van der Waals surface area contributed by atoms with Crippen LogP contribution in [-0.4, -0.2) is 43.3 Å². The Balaban J connectivity index is 2.14. The number of pyridine rings is 1. The van der Waals surface area contributed by atoms with Gasteiger partial charge in [-0.05, 0) is 49.5 Å². The maximum absolute atomic E-state index is 12.4. The molecule has 7 heteroatoms. The van der Waals surface area contributed by atoms with Crippen LogP contribution in [0.25, 0.3) is 11.0 Å². The van der Waals surface area contributed by atoms with Gasteiger partial charge in [0.05, 0.1) is 12.2 Å². The van der Waals surface area contributed by atoms with E-state index in [-0.39, 0.29) is 11.6 Å². The minimum atomic E-state index is -1.77. The number of Topliss-reactive ketones (excluding diaryl/α,β-unsaturated/α-hetero) is 1. The second kappa shape index (κ2) is 8.35. The molecule has 0 amide bonds. The van der Waals surface area contributed by atoms with Gasteiger partial charge in [-0.15, -0.1) is 0 Å². The quantitative estimate of drug-likeness (QED) is 0.239. The number of H-pyrrole nitrogens is 1. The van der Waals surface area contributed by atoms with Crippen LogP contribution in [0.1, 0.15) is 50.0 Å². The molecule has 0 fully saturated rings. The monoisotopic (exact) mass is 390 g/mol. The van der Waals surface area contributed by atoms with E-state index in [4.69, 9.17) is 9.16 Å². The molecule has 0 aliphatic heterocycles. The van der Waals surface area contributed by atoms with E-state index in [9.17, 15) is 9.59 Å². The van der Waals surface area contributed by atoms with Crippen molar-refractivity contribution in [2.75, 3.05) is 13.2 Å². The van der Waals surface area contributed by atoms with Crippen molar-refractivity contribution in [1.29, 1.82) is 0 Å². The lowest BCUT2D eigenvalue weighted by Crippen LogP contribution is -2.41. The summed E-state index contributed by atoms with van der Waals surface area (Å²) < 4.78 is 11.1. The molecule has 0 unspecified atom stereocenters. The van der Waals surface area contributed by atoms with E-state index in [1.54, 1.807) is 13.1 Å². The van der Waals surface area contributed by atoms with E-state index in [0.29, 0.717) is 23.2 Å². The molecule has 2 aromatic heterocycles. The second-order valence-electron chi connectivity index (χ2n) is 8.16. The maximum atomic E-state index is 12.4. The van der Waals surface area contributed by atoms with E-state index in [1.807, 2.05) is 6.07 Å². The molecule has 27 heavy (non-hydrogen) atoms. The molecular weight excluding hydrogens is 360 g/mol. The highest BCUT2D eigenvalue weighted by Crippen LogP contribution is 2.36. The van der Waals surface area contributed by atoms with E-state index >= 15 is 0 Å². The van der Waals surface area contributed by atoms with Crippen LogP contribution in [-0.2, 0) is 20.4 Å². The van der Waals surface area contributed by atoms with Crippen LogP contribution in [0.2, 0.25) is 18.1 Å². The summed E-state index contributed by atoms with van der Waals surface area (Å²) in [6.45, 7) is 13.7. The van der Waals surface area contributed by atoms with Crippen LogP contribution >= 0.6 is 0 Å². The average molecular weight is 391 g/mol. The highest BCUT2D eigenvalue weighted by molar-refractivity contribution is 6.74. The van der Waals surface area contributed by atoms with Gasteiger partial charge in [-0.3, -0.25) is 4.79 Å². The smallest absolute Gasteiger partial charge is 0.379 e. The number of carbonyl (C=O) groups excluding carboxylic acids is 2. The number of rotatable bonds is 8. The number of aryl methyl sites for hydroxylation is 1. The summed E-state index contributed by atoms with van der Waals surface area (Å²) in [5, 5.41) is 0.874. The molecule has 0 saturated carbocycles. The number of nitrogens with zero attached hydrogens (tertiary/aromatic N) is 1. The molecule has 0 radical (unpaired) electrons. The number of carbonyl (C=O) groups is 2. The lowest BCUT2D eigenvalue weighted by Gasteiger charge is -2.36. The molecule has 0 aliphatic carbocycles. The highest BCUT2D eigenvalue weighted by Gasteiger charge is 2.36. The van der Waals surface area contributed by atoms with Gasteiger partial charge in [-0.2, -0.15) is 0 Å². The minimum absolute atomic E-state index is 0.169. The van der Waals surface area contributed by atoms with Crippen LogP contribution in [0.5, 0.6) is 0 Å². The number of esters is 1. The van der Waals surface area contributed by atoms with E-state index in [0.717, 1.165) is 18.4 Å². The fourth-order valence-corrected chi connectivity index (χ4v) is 3.71. The zero-order valence-electron chi connectivity index (χ0n) is 17.1. The number of nitrogens with one attached hydrogen (secondary N) is 1. The van der Waals surface area contributed by atoms with Crippen molar-refractivity contribution in [1.82, 2.24) is 9.97 Å². The molecule has 0 atom stereocenters. The van der Waals surface area contributed by atoms with Gasteiger partial charge in [0.25, 0.3) is 5.78 Å². The lowest BCUT2D eigenvalue weighted by molar-refractivity contribution is -0.137. The third-order valence-corrected chi connectivity index (χ3v) is 9.76. The van der Waals surface area contributed by atoms with E-state index in [1.165, 1.54) is 6.20 Å². The van der Waals surface area contributed by atoms with Crippen molar-refractivity contribution >= 4 is 31.1 Å². The number of ketones is 1. The molecule has 2 heterocycles. The summed E-state index contributed by atoms with van der Waals surface area (Å²) in [6.07, 6.45) is 4.83. The molecule has 1 N–H and O–H groups in total. The summed E-state index contributed by atoms with van der Waals surface area (Å²) in [4.78, 5) is 31.5. The number of hydrogen-bond donors (Lipinski definition) is 1. The first-order valence-electron chi connectivity index (χ1n) is 9.39. The largest absolute Gasteiger partial charge is 0.460 e. The molecule has 0 aliphatic rings. The van der Waals surface area contributed by atoms with Gasteiger partial charge < -0.3 is 14.1 Å². The van der Waals surface area contributed by atoms with Gasteiger partial charge in [-0.1, -0.05) is 20.8 Å². The Morgan fingerprint density at radius 3 is 2.59 bits per heavy atom. The zero-order chi connectivity index (χ0) is 20.2. The van der Waals surface area contributed by atoms with Crippen molar-refractivity contribution in [3.8, 4) is 0 Å². The van der Waals surface area contributed by atoms with Crippen molar-refractivity contribution in [3.63, 3.8) is 0 Å². The van der Waals surface area contributed by atoms with Gasteiger partial charge in [-0.25, -0.2) is 9.78 Å². The summed E-state index contributed by atoms with van der Waals surface area (Å²) in [6, 6.07) is 1.89. The summed E-state index contributed by atoms with van der Waals surface area (Å²) >= 11 is 0. The normalized spacial score (nSPS) is 12.4. The Morgan fingerprint density at radius 1 is 1.26 bits per heavy atom. The van der Waals surface area contributed by atoms with Crippen LogP contribution in [0, 0.1) is 0 Å². The van der Waals surface area contributed by atoms with Crippen LogP contribution in [0.4, 0.5) is 0 Å². The topological polar surface area (TPSA) is 81.3 Å². The third-order valence-electron chi connectivity index (χ3n) is 5.22. The Kier molecular flexibility index (Phi) is 6.59. The molecular formula is C20H30N2O4Si. The number of hydrogen-bond acceptors (Lipinski definition) is 5. The number of aromatic amines is 1. The Hall–Kier alpha value is -1.99. The SMILES string of the molecule is CCOC(=O)C(=O)c1c[nH]c2nccc(CCCO[Si](C)(C)C(C)(C)C)c12. The fraction of sp³-hybridized carbons (Fsp3) is 0.550. The summed E-state index contributed by atoms with van der Waals surface area (Å²) in [5.41, 5.74) is 1.90. The van der Waals surface area contributed by atoms with Crippen LogP contribution in [0.15, 0.2) is 18.5 Å². The van der Waals surface area contributed by atoms with E-state index in [2.05, 4.69) is 43.8 Å². The fourth-order valence-electron chi connectivity index (χ4n) is 2.62. The summed E-state index contributed by atoms with van der Waals surface area (Å²) in [7, 11) is -1.77. The average Bonchev–Trinajstić information content (AvgIpc) is 3.02. The van der Waals surface area contributed by atoms with Gasteiger partial charge in [0, 0.05) is 24.4 Å². The molecule has 148 valence electrons. The van der Waals surface area contributed by atoms with Gasteiger partial charge in [0.2, 0.25) is 0 Å². The number of ether oxygens (including phenoxy) is 1. The molecule has 6 nitrogen and oxygen atoms in total. The Morgan fingerprint density at radius 2 is 1.96 bits per heavy atom. The maximum Gasteiger partial charge on any atom is 0.379 e. The number of aromatic nitrogens is 2. The van der Waals surface area contributed by atoms with Gasteiger partial charge >= 0.3 is 5.97 Å². The van der Waals surface area contributed by atoms with Crippen molar-refractivity contribution in [2.45, 2.75) is 58.7 Å². The molecule has 0 bridgehead atoms. The molecule has 0 aromatic carbocycles. The minimum Gasteiger partial charge on any atom is -0.460 e. The molecule has 2 rings (SSSR count). The van der Waals surface area contributed by atoms with Gasteiger partial charge in [0.15, 0.2) is 8.32 Å². The molecule has 0 spiro atoms. The van der Waals surface area contributed by atoms with E-state index < -0.39 is 20.1 Å². The first-order valence-corrected chi connectivity index (χ1v) is 12.3. The second-order valence-corrected chi connectivity index (χ2v) is 13.0. The standard InChI is InChI=1S/C20H30N2O4Si/c1-7-25-19(24)17(23)15-13-22-18-16(15)14(10-11-21-18)9-8-12-26-27(5,6)20(2,3)4/h10-11,13H,7-9,12H2,1-6H3,(H,21,22). The highest BCUT2D eigenvalue weighted by atomic mass is 28.4. The number of fused-ring (bicyclic) bond motifs is 1. The molecule has 0 saturated heterocycles. The first kappa shape index (κ1) is 21.3. The van der Waals surface area contributed by atoms with Crippen LogP contribution < -0.4 is 0 Å². The third kappa shape index (κ3) is 4.84. The van der Waals surface area contributed by atoms with Crippen molar-refractivity contribution in [2.24, 2.45) is 0 Å². The van der Waals surface area contributed by atoms with Crippen molar-refractivity contribution in [3.05, 3.63) is 29.6 Å². The predicted octanol–water partition coefficient (Wildman–Crippen LogP) is 4.26. The molecule has 2 aromatic rings.